The van der Waals surface area contributed by atoms with Crippen LogP contribution in [0.5, 0.6) is 0 Å². The van der Waals surface area contributed by atoms with Gasteiger partial charge >= 0.3 is 5.97 Å². The van der Waals surface area contributed by atoms with Crippen LogP contribution < -0.4 is 4.72 Å². The summed E-state index contributed by atoms with van der Waals surface area (Å²) >= 11 is 1.64. The highest BCUT2D eigenvalue weighted by molar-refractivity contribution is 7.99. The van der Waals surface area contributed by atoms with E-state index in [2.05, 4.69) is 4.72 Å². The lowest BCUT2D eigenvalue weighted by Gasteiger charge is -2.08. The van der Waals surface area contributed by atoms with E-state index in [-0.39, 0.29) is 6.54 Å². The molecule has 1 unspecified atom stereocenters. The highest BCUT2D eigenvalue weighted by atomic mass is 32.2. The van der Waals surface area contributed by atoms with Gasteiger partial charge < -0.3 is 5.11 Å². The predicted octanol–water partition coefficient (Wildman–Crippen LogP) is 0.132. The molecule has 5 nitrogen and oxygen atoms in total. The molecule has 0 aliphatic rings. The van der Waals surface area contributed by atoms with E-state index >= 15 is 0 Å². The lowest BCUT2D eigenvalue weighted by Crippen LogP contribution is -2.31. The number of nitrogens with one attached hydrogen (secondary N) is 1. The van der Waals surface area contributed by atoms with E-state index in [0.29, 0.717) is 11.7 Å². The largest absolute Gasteiger partial charge is 0.480 e. The normalized spacial score (nSPS) is 13.9. The fraction of sp³-hybridized carbons (Fsp3) is 0.857. The molecule has 1 atom stereocenters. The minimum Gasteiger partial charge on any atom is -0.480 e. The van der Waals surface area contributed by atoms with Gasteiger partial charge in [0.2, 0.25) is 10.0 Å². The maximum absolute atomic E-state index is 11.0. The van der Waals surface area contributed by atoms with Crippen molar-refractivity contribution in [3.8, 4) is 0 Å². The Balaban J connectivity index is 3.83. The molecular weight excluding hydrogens is 226 g/mol. The van der Waals surface area contributed by atoms with Crippen LogP contribution in [0.1, 0.15) is 13.3 Å². The fourth-order valence-electron chi connectivity index (χ4n) is 0.749. The summed E-state index contributed by atoms with van der Waals surface area (Å²) < 4.78 is 24.3. The van der Waals surface area contributed by atoms with E-state index in [1.165, 1.54) is 0 Å². The van der Waals surface area contributed by atoms with E-state index < -0.39 is 21.7 Å². The fourth-order valence-corrected chi connectivity index (χ4v) is 1.96. The van der Waals surface area contributed by atoms with Crippen molar-refractivity contribution in [1.29, 1.82) is 0 Å². The van der Waals surface area contributed by atoms with Gasteiger partial charge in [-0.25, -0.2) is 13.1 Å². The quantitative estimate of drug-likeness (QED) is 0.662. The van der Waals surface area contributed by atoms with Gasteiger partial charge in [-0.3, -0.25) is 4.79 Å². The Morgan fingerprint density at radius 3 is 2.57 bits per heavy atom. The van der Waals surface area contributed by atoms with Gasteiger partial charge in [0.25, 0.3) is 0 Å². The lowest BCUT2D eigenvalue weighted by atomic mass is 10.3. The van der Waals surface area contributed by atoms with Crippen LogP contribution in [0.15, 0.2) is 0 Å². The number of rotatable bonds is 7. The summed E-state index contributed by atoms with van der Waals surface area (Å²) in [5.41, 5.74) is 0. The lowest BCUT2D eigenvalue weighted by molar-refractivity contribution is -0.134. The molecule has 0 aliphatic carbocycles. The topological polar surface area (TPSA) is 83.5 Å². The molecule has 84 valence electrons. The summed E-state index contributed by atoms with van der Waals surface area (Å²) in [6.07, 6.45) is 2.64. The number of hydrogen-bond acceptors (Lipinski definition) is 4. The molecule has 0 amide bonds. The highest BCUT2D eigenvalue weighted by Gasteiger charge is 2.14. The van der Waals surface area contributed by atoms with Gasteiger partial charge in [0.15, 0.2) is 5.75 Å². The van der Waals surface area contributed by atoms with Crippen molar-refractivity contribution >= 4 is 27.8 Å². The maximum Gasteiger partial charge on any atom is 0.320 e. The molecule has 7 heteroatoms. The number of carboxylic acids is 1. The Labute approximate surface area is 88.3 Å². The average Bonchev–Trinajstić information content (AvgIpc) is 2.01. The Morgan fingerprint density at radius 2 is 2.14 bits per heavy atom. The van der Waals surface area contributed by atoms with Crippen LogP contribution >= 0.6 is 11.8 Å². The van der Waals surface area contributed by atoms with E-state index in [9.17, 15) is 13.2 Å². The third-order valence-electron chi connectivity index (χ3n) is 1.59. The molecule has 0 radical (unpaired) electrons. The molecule has 0 aromatic rings. The van der Waals surface area contributed by atoms with Crippen LogP contribution in [0.25, 0.3) is 0 Å². The van der Waals surface area contributed by atoms with Crippen LogP contribution in [0.4, 0.5) is 0 Å². The second-order valence-corrected chi connectivity index (χ2v) is 5.97. The molecule has 0 aromatic heterocycles. The van der Waals surface area contributed by atoms with Crippen LogP contribution in [-0.4, -0.2) is 43.3 Å². The number of sulfonamides is 1. The first-order valence-electron chi connectivity index (χ1n) is 4.09. The van der Waals surface area contributed by atoms with Crippen molar-refractivity contribution in [3.63, 3.8) is 0 Å². The molecule has 0 heterocycles. The smallest absolute Gasteiger partial charge is 0.320 e. The van der Waals surface area contributed by atoms with Crippen molar-refractivity contribution < 1.29 is 18.3 Å². The molecule has 0 saturated heterocycles. The molecule has 0 saturated carbocycles. The Morgan fingerprint density at radius 1 is 1.57 bits per heavy atom. The van der Waals surface area contributed by atoms with Gasteiger partial charge in [0, 0.05) is 11.8 Å². The number of carboxylic acid groups (broad SMARTS) is 1. The van der Waals surface area contributed by atoms with Gasteiger partial charge in [-0.05, 0) is 12.7 Å². The SMILES string of the molecule is CSC(C)CCNS(=O)(=O)CC(=O)O. The van der Waals surface area contributed by atoms with Crippen molar-refractivity contribution in [2.45, 2.75) is 18.6 Å². The predicted molar refractivity (Wildman–Crippen MR) is 57.0 cm³/mol. The minimum atomic E-state index is -3.64. The summed E-state index contributed by atoms with van der Waals surface area (Å²) in [5, 5.41) is 8.64. The molecule has 2 N–H and O–H groups in total. The molecule has 0 fully saturated rings. The Kier molecular flexibility index (Phi) is 6.14. The van der Waals surface area contributed by atoms with Crippen LogP contribution in [0, 0.1) is 0 Å². The Hall–Kier alpha value is -0.270. The maximum atomic E-state index is 11.0. The molecule has 0 rings (SSSR count). The summed E-state index contributed by atoms with van der Waals surface area (Å²) in [4.78, 5) is 10.1. The van der Waals surface area contributed by atoms with Crippen LogP contribution in [0.3, 0.4) is 0 Å². The summed E-state index contributed by atoms with van der Waals surface area (Å²) in [7, 11) is -3.64. The second kappa shape index (κ2) is 6.26. The van der Waals surface area contributed by atoms with Gasteiger partial charge in [-0.2, -0.15) is 11.8 Å². The third kappa shape index (κ3) is 7.16. The zero-order valence-corrected chi connectivity index (χ0v) is 9.82. The van der Waals surface area contributed by atoms with Crippen molar-refractivity contribution in [2.24, 2.45) is 0 Å². The van der Waals surface area contributed by atoms with Gasteiger partial charge in [0.05, 0.1) is 0 Å². The number of aliphatic carboxylic acids is 1. The molecule has 0 aromatic carbocycles. The van der Waals surface area contributed by atoms with Gasteiger partial charge in [-0.1, -0.05) is 6.92 Å². The highest BCUT2D eigenvalue weighted by Crippen LogP contribution is 2.08. The molecule has 0 spiro atoms. The van der Waals surface area contributed by atoms with E-state index in [4.69, 9.17) is 5.11 Å². The zero-order valence-electron chi connectivity index (χ0n) is 8.19. The second-order valence-electron chi connectivity index (χ2n) is 2.88. The summed E-state index contributed by atoms with van der Waals surface area (Å²) in [6.45, 7) is 2.27. The summed E-state index contributed by atoms with van der Waals surface area (Å²) in [6, 6.07) is 0. The number of carbonyl (C=O) groups is 1. The molecule has 0 bridgehead atoms. The van der Waals surface area contributed by atoms with E-state index in [1.807, 2.05) is 13.2 Å². The number of hydrogen-bond donors (Lipinski definition) is 2. The van der Waals surface area contributed by atoms with Gasteiger partial charge in [0.1, 0.15) is 0 Å². The summed E-state index contributed by atoms with van der Waals surface area (Å²) in [5.74, 6) is -2.20. The average molecular weight is 241 g/mol. The van der Waals surface area contributed by atoms with E-state index in [1.54, 1.807) is 11.8 Å². The zero-order chi connectivity index (χ0) is 11.2. The first-order chi connectivity index (χ1) is 6.37. The minimum absolute atomic E-state index is 0.289. The van der Waals surface area contributed by atoms with Crippen molar-refractivity contribution in [1.82, 2.24) is 4.72 Å². The van der Waals surface area contributed by atoms with Gasteiger partial charge in [-0.15, -0.1) is 0 Å². The molecule has 0 aliphatic heterocycles. The first-order valence-corrected chi connectivity index (χ1v) is 7.03. The standard InChI is InChI=1S/C7H15NO4S2/c1-6(13-2)3-4-8-14(11,12)5-7(9)10/h6,8H,3-5H2,1-2H3,(H,9,10). The van der Waals surface area contributed by atoms with Crippen molar-refractivity contribution in [2.75, 3.05) is 18.6 Å². The molecule has 14 heavy (non-hydrogen) atoms. The van der Waals surface area contributed by atoms with E-state index in [0.717, 1.165) is 0 Å². The monoisotopic (exact) mass is 241 g/mol. The Bertz CT molecular complexity index is 275. The first kappa shape index (κ1) is 13.7. The van der Waals surface area contributed by atoms with Crippen LogP contribution in [-0.2, 0) is 14.8 Å². The molecular formula is C7H15NO4S2. The number of thioether (sulfide) groups is 1. The third-order valence-corrected chi connectivity index (χ3v) is 3.90. The van der Waals surface area contributed by atoms with Crippen molar-refractivity contribution in [3.05, 3.63) is 0 Å². The van der Waals surface area contributed by atoms with Crippen LogP contribution in [0.2, 0.25) is 0 Å².